The Balaban J connectivity index is 1.89. The molecule has 2 rings (SSSR count). The molecule has 2 unspecified atom stereocenters. The molecule has 0 fully saturated rings. The summed E-state index contributed by atoms with van der Waals surface area (Å²) in [5, 5.41) is 15.9. The van der Waals surface area contributed by atoms with Crippen molar-refractivity contribution in [2.75, 3.05) is 0 Å². The van der Waals surface area contributed by atoms with Gasteiger partial charge in [-0.15, -0.1) is 32.9 Å². The summed E-state index contributed by atoms with van der Waals surface area (Å²) in [7, 11) is 0. The number of hydrogen-bond donors (Lipinski definition) is 1. The molecule has 0 saturated heterocycles. The number of aryl methyl sites for hydroxylation is 1. The largest absolute Gasteiger partial charge is 0.302 e. The Labute approximate surface area is 116 Å². The van der Waals surface area contributed by atoms with Gasteiger partial charge in [0.1, 0.15) is 10.0 Å². The minimum atomic E-state index is 0.235. The molecule has 18 heavy (non-hydrogen) atoms. The summed E-state index contributed by atoms with van der Waals surface area (Å²) in [5.74, 6) is 0. The van der Waals surface area contributed by atoms with E-state index in [-0.39, 0.29) is 6.04 Å². The van der Waals surface area contributed by atoms with E-state index in [1.165, 1.54) is 4.88 Å². The van der Waals surface area contributed by atoms with Crippen LogP contribution in [0.1, 0.15) is 34.8 Å². The van der Waals surface area contributed by atoms with E-state index in [1.54, 1.807) is 22.7 Å². The highest BCUT2D eigenvalue weighted by molar-refractivity contribution is 7.11. The lowest BCUT2D eigenvalue weighted by atomic mass is 10.2. The van der Waals surface area contributed by atoms with Crippen molar-refractivity contribution >= 4 is 28.7 Å². The van der Waals surface area contributed by atoms with E-state index in [0.29, 0.717) is 6.04 Å². The van der Waals surface area contributed by atoms with Crippen LogP contribution in [-0.4, -0.2) is 16.2 Å². The molecule has 0 aromatic carbocycles. The zero-order valence-electron chi connectivity index (χ0n) is 10.8. The molecule has 5 heteroatoms. The first-order valence-electron chi connectivity index (χ1n) is 5.93. The second kappa shape index (κ2) is 6.22. The first-order chi connectivity index (χ1) is 8.65. The second-order valence-corrected chi connectivity index (χ2v) is 6.40. The van der Waals surface area contributed by atoms with Crippen LogP contribution in [0.2, 0.25) is 0 Å². The highest BCUT2D eigenvalue weighted by Crippen LogP contribution is 2.18. The number of rotatable bonds is 5. The van der Waals surface area contributed by atoms with Gasteiger partial charge in [-0.05, 0) is 38.3 Å². The standard InChI is InChI=1S/C13H17N3S2/c1-9(6-7-12-5-4-8-17-12)14-10(2)13-16-15-11(3)18-13/h4-10,14H,1-3H3/b7-6+. The van der Waals surface area contributed by atoms with E-state index in [1.807, 2.05) is 6.92 Å². The monoisotopic (exact) mass is 279 g/mol. The van der Waals surface area contributed by atoms with E-state index in [0.717, 1.165) is 10.0 Å². The van der Waals surface area contributed by atoms with Crippen molar-refractivity contribution in [2.24, 2.45) is 0 Å². The van der Waals surface area contributed by atoms with Crippen LogP contribution in [0.25, 0.3) is 6.08 Å². The zero-order chi connectivity index (χ0) is 13.0. The Bertz CT molecular complexity index is 502. The van der Waals surface area contributed by atoms with Crippen molar-refractivity contribution in [3.05, 3.63) is 38.5 Å². The molecule has 0 aliphatic rings. The van der Waals surface area contributed by atoms with Crippen LogP contribution >= 0.6 is 22.7 Å². The lowest BCUT2D eigenvalue weighted by Crippen LogP contribution is -2.27. The maximum absolute atomic E-state index is 4.16. The van der Waals surface area contributed by atoms with Crippen LogP contribution in [-0.2, 0) is 0 Å². The van der Waals surface area contributed by atoms with Gasteiger partial charge < -0.3 is 5.32 Å². The number of aromatic nitrogens is 2. The summed E-state index contributed by atoms with van der Waals surface area (Å²) < 4.78 is 0. The average molecular weight is 279 g/mol. The molecule has 0 radical (unpaired) electrons. The van der Waals surface area contributed by atoms with Crippen LogP contribution in [0.5, 0.6) is 0 Å². The molecule has 2 heterocycles. The van der Waals surface area contributed by atoms with Crippen LogP contribution in [0, 0.1) is 6.92 Å². The van der Waals surface area contributed by atoms with E-state index >= 15 is 0 Å². The smallest absolute Gasteiger partial charge is 0.134 e. The molecular formula is C13H17N3S2. The third kappa shape index (κ3) is 3.73. The van der Waals surface area contributed by atoms with Crippen LogP contribution in [0.15, 0.2) is 23.6 Å². The van der Waals surface area contributed by atoms with E-state index in [9.17, 15) is 0 Å². The Morgan fingerprint density at radius 2 is 2.17 bits per heavy atom. The van der Waals surface area contributed by atoms with Gasteiger partial charge in [-0.25, -0.2) is 0 Å². The molecule has 1 N–H and O–H groups in total. The van der Waals surface area contributed by atoms with Crippen molar-refractivity contribution in [1.82, 2.24) is 15.5 Å². The summed E-state index contributed by atoms with van der Waals surface area (Å²) in [4.78, 5) is 1.28. The summed E-state index contributed by atoms with van der Waals surface area (Å²) in [6.45, 7) is 6.25. The van der Waals surface area contributed by atoms with E-state index < -0.39 is 0 Å². The van der Waals surface area contributed by atoms with Gasteiger partial charge in [-0.2, -0.15) is 0 Å². The molecule has 0 saturated carbocycles. The molecule has 2 aromatic rings. The molecule has 0 bridgehead atoms. The SMILES string of the molecule is Cc1nnc(C(C)NC(C)/C=C/c2cccs2)s1. The van der Waals surface area contributed by atoms with Crippen LogP contribution < -0.4 is 5.32 Å². The quantitative estimate of drug-likeness (QED) is 0.907. The lowest BCUT2D eigenvalue weighted by Gasteiger charge is -2.14. The highest BCUT2D eigenvalue weighted by Gasteiger charge is 2.11. The summed E-state index contributed by atoms with van der Waals surface area (Å²) in [6, 6.07) is 4.73. The molecule has 0 spiro atoms. The van der Waals surface area contributed by atoms with Gasteiger partial charge in [0.15, 0.2) is 0 Å². The van der Waals surface area contributed by atoms with Crippen molar-refractivity contribution in [3.8, 4) is 0 Å². The minimum Gasteiger partial charge on any atom is -0.302 e. The van der Waals surface area contributed by atoms with Crippen molar-refractivity contribution in [2.45, 2.75) is 32.9 Å². The normalized spacial score (nSPS) is 15.1. The molecule has 2 atom stereocenters. The third-order valence-corrected chi connectivity index (χ3v) is 4.38. The molecule has 0 aliphatic carbocycles. The zero-order valence-corrected chi connectivity index (χ0v) is 12.4. The summed E-state index contributed by atoms with van der Waals surface area (Å²) in [6.07, 6.45) is 4.33. The number of hydrogen-bond acceptors (Lipinski definition) is 5. The van der Waals surface area contributed by atoms with Crippen molar-refractivity contribution in [3.63, 3.8) is 0 Å². The van der Waals surface area contributed by atoms with Gasteiger partial charge >= 0.3 is 0 Å². The van der Waals surface area contributed by atoms with E-state index in [2.05, 4.69) is 59.0 Å². The first kappa shape index (κ1) is 13.4. The number of nitrogens with one attached hydrogen (secondary N) is 1. The minimum absolute atomic E-state index is 0.235. The first-order valence-corrected chi connectivity index (χ1v) is 7.62. The van der Waals surface area contributed by atoms with Crippen LogP contribution in [0.4, 0.5) is 0 Å². The predicted molar refractivity (Wildman–Crippen MR) is 79.0 cm³/mol. The fourth-order valence-electron chi connectivity index (χ4n) is 1.63. The average Bonchev–Trinajstić information content (AvgIpc) is 2.97. The molecule has 96 valence electrons. The molecule has 0 amide bonds. The Hall–Kier alpha value is -1.04. The Morgan fingerprint density at radius 1 is 1.33 bits per heavy atom. The number of thiophene rings is 1. The van der Waals surface area contributed by atoms with Gasteiger partial charge in [0.05, 0.1) is 6.04 Å². The fraction of sp³-hybridized carbons (Fsp3) is 0.385. The maximum atomic E-state index is 4.16. The maximum Gasteiger partial charge on any atom is 0.134 e. The summed E-state index contributed by atoms with van der Waals surface area (Å²) in [5.41, 5.74) is 0. The van der Waals surface area contributed by atoms with Gasteiger partial charge in [0.25, 0.3) is 0 Å². The Kier molecular flexibility index (Phi) is 4.63. The predicted octanol–water partition coefficient (Wildman–Crippen LogP) is 3.66. The molecular weight excluding hydrogens is 262 g/mol. The van der Waals surface area contributed by atoms with Crippen LogP contribution in [0.3, 0.4) is 0 Å². The second-order valence-electron chi connectivity index (χ2n) is 4.21. The highest BCUT2D eigenvalue weighted by atomic mass is 32.1. The van der Waals surface area contributed by atoms with Gasteiger partial charge in [-0.1, -0.05) is 12.1 Å². The van der Waals surface area contributed by atoms with Crippen molar-refractivity contribution < 1.29 is 0 Å². The lowest BCUT2D eigenvalue weighted by molar-refractivity contribution is 0.532. The number of nitrogens with zero attached hydrogens (tertiary/aromatic N) is 2. The fourth-order valence-corrected chi connectivity index (χ4v) is 2.97. The third-order valence-electron chi connectivity index (χ3n) is 2.52. The van der Waals surface area contributed by atoms with Gasteiger partial charge in [-0.3, -0.25) is 0 Å². The van der Waals surface area contributed by atoms with E-state index in [4.69, 9.17) is 0 Å². The Morgan fingerprint density at radius 3 is 2.78 bits per heavy atom. The van der Waals surface area contributed by atoms with Gasteiger partial charge in [0.2, 0.25) is 0 Å². The molecule has 3 nitrogen and oxygen atoms in total. The topological polar surface area (TPSA) is 37.8 Å². The molecule has 2 aromatic heterocycles. The summed E-state index contributed by atoms with van der Waals surface area (Å²) >= 11 is 3.40. The van der Waals surface area contributed by atoms with Crippen molar-refractivity contribution in [1.29, 1.82) is 0 Å². The molecule has 0 aliphatic heterocycles. The van der Waals surface area contributed by atoms with Gasteiger partial charge in [0, 0.05) is 10.9 Å².